The molecule has 0 spiro atoms. The van der Waals surface area contributed by atoms with E-state index in [0.717, 1.165) is 15.4 Å². The first-order valence-electron chi connectivity index (χ1n) is 7.11. The zero-order valence-corrected chi connectivity index (χ0v) is 14.2. The van der Waals surface area contributed by atoms with Crippen LogP contribution in [0.5, 0.6) is 0 Å². The van der Waals surface area contributed by atoms with Crippen molar-refractivity contribution in [2.24, 2.45) is 10.2 Å². The SMILES string of the molecule is O=C(N/N=C\c1cccs1)c1ccc(N/N=C\c2cccs2)cc1. The third-order valence-electron chi connectivity index (χ3n) is 2.98. The molecule has 2 N–H and O–H groups in total. The van der Waals surface area contributed by atoms with Crippen molar-refractivity contribution in [3.05, 3.63) is 74.6 Å². The van der Waals surface area contributed by atoms with E-state index < -0.39 is 0 Å². The number of rotatable bonds is 6. The van der Waals surface area contributed by atoms with E-state index in [1.807, 2.05) is 35.0 Å². The molecule has 7 heteroatoms. The van der Waals surface area contributed by atoms with Crippen LogP contribution in [-0.4, -0.2) is 18.3 Å². The van der Waals surface area contributed by atoms with Crippen molar-refractivity contribution in [1.82, 2.24) is 5.43 Å². The van der Waals surface area contributed by atoms with Gasteiger partial charge in [0.1, 0.15) is 0 Å². The molecular weight excluding hydrogens is 340 g/mol. The number of amides is 1. The summed E-state index contributed by atoms with van der Waals surface area (Å²) < 4.78 is 0. The van der Waals surface area contributed by atoms with Crippen LogP contribution in [0.3, 0.4) is 0 Å². The molecule has 3 aromatic rings. The van der Waals surface area contributed by atoms with Gasteiger partial charge < -0.3 is 0 Å². The standard InChI is InChI=1S/C17H14N4OS2/c22-17(21-19-12-16-4-2-10-24-16)13-5-7-14(8-6-13)20-18-11-15-3-1-9-23-15/h1-12,20H,(H,21,22)/b18-11-,19-12-. The van der Waals surface area contributed by atoms with Crippen molar-refractivity contribution in [2.75, 3.05) is 5.43 Å². The van der Waals surface area contributed by atoms with Gasteiger partial charge in [-0.25, -0.2) is 5.43 Å². The molecule has 5 nitrogen and oxygen atoms in total. The fourth-order valence-electron chi connectivity index (χ4n) is 1.82. The average Bonchev–Trinajstić information content (AvgIpc) is 3.29. The van der Waals surface area contributed by atoms with Crippen LogP contribution in [0.1, 0.15) is 20.1 Å². The Morgan fingerprint density at radius 2 is 1.50 bits per heavy atom. The first-order valence-corrected chi connectivity index (χ1v) is 8.87. The molecule has 24 heavy (non-hydrogen) atoms. The second-order valence-corrected chi connectivity index (χ2v) is 6.64. The van der Waals surface area contributed by atoms with E-state index in [2.05, 4.69) is 21.1 Å². The molecule has 0 bridgehead atoms. The van der Waals surface area contributed by atoms with E-state index in [9.17, 15) is 4.79 Å². The number of nitrogens with zero attached hydrogens (tertiary/aromatic N) is 2. The van der Waals surface area contributed by atoms with Crippen molar-refractivity contribution >= 4 is 46.7 Å². The van der Waals surface area contributed by atoms with Crippen LogP contribution >= 0.6 is 22.7 Å². The Hall–Kier alpha value is -2.77. The van der Waals surface area contributed by atoms with E-state index in [1.54, 1.807) is 59.4 Å². The molecule has 1 aromatic carbocycles. The second kappa shape index (κ2) is 8.19. The molecular formula is C17H14N4OS2. The Kier molecular flexibility index (Phi) is 5.49. The molecule has 1 amide bonds. The predicted molar refractivity (Wildman–Crippen MR) is 101 cm³/mol. The number of nitrogens with one attached hydrogen (secondary N) is 2. The van der Waals surface area contributed by atoms with Crippen molar-refractivity contribution in [2.45, 2.75) is 0 Å². The summed E-state index contributed by atoms with van der Waals surface area (Å²) in [6.45, 7) is 0. The summed E-state index contributed by atoms with van der Waals surface area (Å²) in [6, 6.07) is 14.9. The molecule has 120 valence electrons. The van der Waals surface area contributed by atoms with Crippen LogP contribution in [0.15, 0.2) is 69.5 Å². The number of anilines is 1. The highest BCUT2D eigenvalue weighted by Gasteiger charge is 2.03. The van der Waals surface area contributed by atoms with Crippen LogP contribution < -0.4 is 10.9 Å². The number of carbonyl (C=O) groups is 1. The minimum absolute atomic E-state index is 0.253. The Labute approximate surface area is 147 Å². The maximum Gasteiger partial charge on any atom is 0.271 e. The number of hydrogen-bond donors (Lipinski definition) is 2. The topological polar surface area (TPSA) is 65.8 Å². The highest BCUT2D eigenvalue weighted by atomic mass is 32.1. The molecule has 0 unspecified atom stereocenters. The van der Waals surface area contributed by atoms with Crippen molar-refractivity contribution in [3.8, 4) is 0 Å². The lowest BCUT2D eigenvalue weighted by Crippen LogP contribution is -2.17. The molecule has 3 rings (SSSR count). The fraction of sp³-hybridized carbons (Fsp3) is 0. The van der Waals surface area contributed by atoms with E-state index in [0.29, 0.717) is 5.56 Å². The van der Waals surface area contributed by atoms with Gasteiger partial charge >= 0.3 is 0 Å². The summed E-state index contributed by atoms with van der Waals surface area (Å²) >= 11 is 3.17. The number of thiophene rings is 2. The number of carbonyl (C=O) groups excluding carboxylic acids is 1. The zero-order valence-electron chi connectivity index (χ0n) is 12.5. The minimum atomic E-state index is -0.253. The smallest absolute Gasteiger partial charge is 0.271 e. The van der Waals surface area contributed by atoms with Gasteiger partial charge in [0, 0.05) is 15.3 Å². The molecule has 0 aliphatic rings. The largest absolute Gasteiger partial charge is 0.278 e. The molecule has 0 aliphatic carbocycles. The molecule has 0 saturated heterocycles. The molecule has 2 heterocycles. The van der Waals surface area contributed by atoms with Gasteiger partial charge in [-0.3, -0.25) is 10.2 Å². The number of benzene rings is 1. The Balaban J connectivity index is 1.52. The van der Waals surface area contributed by atoms with Gasteiger partial charge in [-0.2, -0.15) is 10.2 Å². The van der Waals surface area contributed by atoms with Gasteiger partial charge in [-0.05, 0) is 47.2 Å². The lowest BCUT2D eigenvalue weighted by atomic mass is 10.2. The number of hydrogen-bond acceptors (Lipinski definition) is 6. The van der Waals surface area contributed by atoms with E-state index in [-0.39, 0.29) is 5.91 Å². The molecule has 0 fully saturated rings. The minimum Gasteiger partial charge on any atom is -0.278 e. The van der Waals surface area contributed by atoms with Crippen molar-refractivity contribution in [1.29, 1.82) is 0 Å². The van der Waals surface area contributed by atoms with E-state index in [1.165, 1.54) is 0 Å². The third-order valence-corrected chi connectivity index (χ3v) is 4.59. The number of hydrazone groups is 2. The van der Waals surface area contributed by atoms with Gasteiger partial charge in [0.2, 0.25) is 0 Å². The van der Waals surface area contributed by atoms with Crippen LogP contribution in [0.25, 0.3) is 0 Å². The maximum absolute atomic E-state index is 12.0. The van der Waals surface area contributed by atoms with Gasteiger partial charge in [-0.1, -0.05) is 12.1 Å². The lowest BCUT2D eigenvalue weighted by Gasteiger charge is -2.02. The summed E-state index contributed by atoms with van der Waals surface area (Å²) in [5.41, 5.74) is 6.77. The van der Waals surface area contributed by atoms with Crippen LogP contribution in [-0.2, 0) is 0 Å². The summed E-state index contributed by atoms with van der Waals surface area (Å²) in [5, 5.41) is 12.0. The van der Waals surface area contributed by atoms with Crippen molar-refractivity contribution in [3.63, 3.8) is 0 Å². The fourth-order valence-corrected chi connectivity index (χ4v) is 2.99. The quantitative estimate of drug-likeness (QED) is 0.519. The van der Waals surface area contributed by atoms with Crippen LogP contribution in [0.4, 0.5) is 5.69 Å². The van der Waals surface area contributed by atoms with Crippen LogP contribution in [0, 0.1) is 0 Å². The van der Waals surface area contributed by atoms with Crippen molar-refractivity contribution < 1.29 is 4.79 Å². The predicted octanol–water partition coefficient (Wildman–Crippen LogP) is 4.02. The molecule has 2 aromatic heterocycles. The first-order chi connectivity index (χ1) is 11.8. The Morgan fingerprint density at radius 3 is 2.08 bits per heavy atom. The summed E-state index contributed by atoms with van der Waals surface area (Å²) in [6.07, 6.45) is 3.38. The summed E-state index contributed by atoms with van der Waals surface area (Å²) in [4.78, 5) is 14.0. The zero-order chi connectivity index (χ0) is 16.6. The van der Waals surface area contributed by atoms with Crippen LogP contribution in [0.2, 0.25) is 0 Å². The van der Waals surface area contributed by atoms with E-state index >= 15 is 0 Å². The van der Waals surface area contributed by atoms with Gasteiger partial charge in [0.15, 0.2) is 0 Å². The highest BCUT2D eigenvalue weighted by molar-refractivity contribution is 7.12. The second-order valence-electron chi connectivity index (χ2n) is 4.68. The Morgan fingerprint density at radius 1 is 0.875 bits per heavy atom. The summed E-state index contributed by atoms with van der Waals surface area (Å²) in [5.74, 6) is -0.253. The van der Waals surface area contributed by atoms with Gasteiger partial charge in [0.25, 0.3) is 5.91 Å². The normalized spacial score (nSPS) is 11.2. The maximum atomic E-state index is 12.0. The molecule has 0 aliphatic heterocycles. The lowest BCUT2D eigenvalue weighted by molar-refractivity contribution is 0.0955. The first kappa shape index (κ1) is 16.1. The Bertz CT molecular complexity index is 822. The summed E-state index contributed by atoms with van der Waals surface area (Å²) in [7, 11) is 0. The molecule has 0 radical (unpaired) electrons. The molecule has 0 saturated carbocycles. The highest BCUT2D eigenvalue weighted by Crippen LogP contribution is 2.10. The third kappa shape index (κ3) is 4.61. The van der Waals surface area contributed by atoms with Gasteiger partial charge in [-0.15, -0.1) is 22.7 Å². The van der Waals surface area contributed by atoms with Gasteiger partial charge in [0.05, 0.1) is 18.1 Å². The average molecular weight is 354 g/mol. The molecule has 0 atom stereocenters. The van der Waals surface area contributed by atoms with E-state index in [4.69, 9.17) is 0 Å². The monoisotopic (exact) mass is 354 g/mol.